The molecule has 0 saturated heterocycles. The van der Waals surface area contributed by atoms with E-state index >= 15 is 0 Å². The summed E-state index contributed by atoms with van der Waals surface area (Å²) in [7, 11) is 0. The van der Waals surface area contributed by atoms with Gasteiger partial charge in [0.05, 0.1) is 56.8 Å². The zero-order chi connectivity index (χ0) is 84.1. The zero-order valence-corrected chi connectivity index (χ0v) is 71.1. The van der Waals surface area contributed by atoms with Gasteiger partial charge in [-0.2, -0.15) is 0 Å². The molecule has 5 aromatic heterocycles. The Morgan fingerprint density at radius 1 is 0.214 bits per heavy atom. The lowest BCUT2D eigenvalue weighted by Crippen LogP contribution is -2.10. The largest absolute Gasteiger partial charge is 0.392 e. The number of aliphatic hydroxyl groups is 1. The molecule has 0 aliphatic heterocycles. The van der Waals surface area contributed by atoms with E-state index in [0.29, 0.717) is 0 Å². The average molecular weight is 1650 g/mol. The van der Waals surface area contributed by atoms with Crippen molar-refractivity contribution in [3.63, 3.8) is 0 Å². The Balaban J connectivity index is 0.000000112. The molecule has 24 rings (SSSR count). The number of hydrogen-bond acceptors (Lipinski definition) is 6. The minimum Gasteiger partial charge on any atom is -0.392 e. The van der Waals surface area contributed by atoms with Crippen LogP contribution in [0.1, 0.15) is 16.7 Å². The number of thiophene rings is 2. The number of fused-ring (bicyclic) bond motifs is 15. The van der Waals surface area contributed by atoms with Crippen LogP contribution >= 0.6 is 22.7 Å². The third kappa shape index (κ3) is 13.9. The molecule has 24 aromatic rings. The first-order chi connectivity index (χ1) is 62.3. The van der Waals surface area contributed by atoms with E-state index in [1.807, 2.05) is 34.8 Å². The van der Waals surface area contributed by atoms with E-state index in [2.05, 4.69) is 485 Å². The molecule has 0 fully saturated rings. The average Bonchev–Trinajstić information content (AvgIpc) is 1.57. The lowest BCUT2D eigenvalue weighted by molar-refractivity contribution is 0.282. The Morgan fingerprint density at radius 2 is 0.524 bits per heavy atom. The SMILES string of the molecule is Cc1ccc2c(c1)c1c(N(c3ccc(-c4ccccc4)cc3)c3ccc(-c4ccccc4)cc3)cccc1n2-c1ccccc1.Cc1ccc2c(c1)c1c(N(c3ccccc3)c3ccc4sc5ccccc5c4c3)cccc1n2-c1ccccc1.OCc1cccc(-n2c3ccccc3c3c(N(c4ccccc4)c4ccc5sc6ccccc6c5c4)cccc32)c1. The molecule has 0 aliphatic rings. The molecule has 126 heavy (non-hydrogen) atoms. The van der Waals surface area contributed by atoms with Crippen molar-refractivity contribution in [2.45, 2.75) is 20.5 Å². The van der Waals surface area contributed by atoms with Crippen LogP contribution in [0.25, 0.3) is 145 Å². The molecule has 600 valence electrons. The molecule has 0 unspecified atom stereocenters. The van der Waals surface area contributed by atoms with E-state index in [1.54, 1.807) is 0 Å². The van der Waals surface area contributed by atoms with Gasteiger partial charge in [0.1, 0.15) is 0 Å². The monoisotopic (exact) mass is 1650 g/mol. The molecule has 0 aliphatic carbocycles. The molecule has 0 atom stereocenters. The number of aromatic nitrogens is 3. The topological polar surface area (TPSA) is 44.7 Å². The van der Waals surface area contributed by atoms with Gasteiger partial charge in [0.15, 0.2) is 0 Å². The van der Waals surface area contributed by atoms with Crippen LogP contribution in [0.2, 0.25) is 0 Å². The van der Waals surface area contributed by atoms with Crippen molar-refractivity contribution in [3.05, 3.63) is 472 Å². The molecule has 5 heterocycles. The first-order valence-corrected chi connectivity index (χ1v) is 44.5. The number of benzene rings is 19. The summed E-state index contributed by atoms with van der Waals surface area (Å²) in [6.07, 6.45) is 0. The standard InChI is InChI=1S/C43H32N2.C37H26N2OS.C37H26N2S/c1-31-20-29-40-39(30-31)43-41(18-11-19-42(43)45(40)36-16-9-4-10-17-36)44(37-25-21-34(22-26-37)32-12-5-2-6-13-32)38-27-23-35(24-28-38)33-14-7-3-8-15-33;40-24-25-10-8-13-27(22-25)39-32-16-6-4-15-30(32)37-33(17-9-18-34(37)39)38(26-11-2-1-3-12-26)28-20-21-36-31(23-28)29-14-5-7-19-35(29)41-36;1-25-19-21-32-31(23-25)37-33(16-10-17-34(37)39(32)27-13-6-3-7-14-27)38(26-11-4-2-5-12-26)28-20-22-36-30(24-28)29-15-8-9-18-35(29)40-36/h2-30H,1H3;1-23,40H,24H2;2-24H,1H3. The number of rotatable bonds is 15. The van der Waals surface area contributed by atoms with Gasteiger partial charge in [-0.3, -0.25) is 0 Å². The van der Waals surface area contributed by atoms with Gasteiger partial charge >= 0.3 is 0 Å². The third-order valence-corrected chi connectivity index (χ3v) is 26.7. The van der Waals surface area contributed by atoms with E-state index in [0.717, 1.165) is 73.5 Å². The Hall–Kier alpha value is -15.6. The second kappa shape index (κ2) is 33.0. The van der Waals surface area contributed by atoms with Crippen LogP contribution in [0.15, 0.2) is 455 Å². The lowest BCUT2D eigenvalue weighted by Gasteiger charge is -2.27. The summed E-state index contributed by atoms with van der Waals surface area (Å²) in [4.78, 5) is 7.21. The van der Waals surface area contributed by atoms with Gasteiger partial charge in [-0.05, 0) is 242 Å². The fraction of sp³-hybridized carbons (Fsp3) is 0.0256. The number of anilines is 9. The number of hydrogen-bond donors (Lipinski definition) is 1. The van der Waals surface area contributed by atoms with Crippen molar-refractivity contribution in [1.82, 2.24) is 13.7 Å². The normalized spacial score (nSPS) is 11.5. The van der Waals surface area contributed by atoms with Crippen molar-refractivity contribution in [1.29, 1.82) is 0 Å². The van der Waals surface area contributed by atoms with Crippen LogP contribution < -0.4 is 14.7 Å². The first kappa shape index (κ1) is 76.5. The minimum atomic E-state index is 0.0117. The van der Waals surface area contributed by atoms with Gasteiger partial charge in [0, 0.05) is 124 Å². The number of aliphatic hydroxyl groups excluding tert-OH is 1. The molecule has 19 aromatic carbocycles. The number of aryl methyl sites for hydroxylation is 2. The van der Waals surface area contributed by atoms with Crippen LogP contribution in [0, 0.1) is 13.8 Å². The van der Waals surface area contributed by atoms with E-state index in [-0.39, 0.29) is 6.61 Å². The van der Waals surface area contributed by atoms with Crippen molar-refractivity contribution in [2.75, 3.05) is 14.7 Å². The van der Waals surface area contributed by atoms with Crippen LogP contribution in [0.5, 0.6) is 0 Å². The maximum Gasteiger partial charge on any atom is 0.0682 e. The lowest BCUT2D eigenvalue weighted by atomic mass is 10.0. The fourth-order valence-corrected chi connectivity index (χ4v) is 20.9. The first-order valence-electron chi connectivity index (χ1n) is 42.9. The predicted octanol–water partition coefficient (Wildman–Crippen LogP) is 32.9. The van der Waals surface area contributed by atoms with E-state index in [9.17, 15) is 5.11 Å². The smallest absolute Gasteiger partial charge is 0.0682 e. The number of nitrogens with zero attached hydrogens (tertiary/aromatic N) is 6. The number of para-hydroxylation sites is 5. The predicted molar refractivity (Wildman–Crippen MR) is 538 cm³/mol. The molecule has 9 heteroatoms. The van der Waals surface area contributed by atoms with Gasteiger partial charge < -0.3 is 33.5 Å². The maximum absolute atomic E-state index is 9.87. The van der Waals surface area contributed by atoms with E-state index < -0.39 is 0 Å². The second-order valence-corrected chi connectivity index (χ2v) is 34.3. The summed E-state index contributed by atoms with van der Waals surface area (Å²) in [5, 5.41) is 22.4. The van der Waals surface area contributed by atoms with Gasteiger partial charge in [-0.1, -0.05) is 266 Å². The summed E-state index contributed by atoms with van der Waals surface area (Å²) in [5.41, 5.74) is 28.9. The molecule has 7 nitrogen and oxygen atoms in total. The Labute approximate surface area is 739 Å². The second-order valence-electron chi connectivity index (χ2n) is 32.1. The van der Waals surface area contributed by atoms with Crippen LogP contribution in [-0.4, -0.2) is 18.8 Å². The van der Waals surface area contributed by atoms with Crippen molar-refractivity contribution in [2.24, 2.45) is 0 Å². The quantitative estimate of drug-likeness (QED) is 0.111. The van der Waals surface area contributed by atoms with E-state index in [1.165, 1.54) is 139 Å². The summed E-state index contributed by atoms with van der Waals surface area (Å²) < 4.78 is 12.3. The third-order valence-electron chi connectivity index (χ3n) is 24.4. The van der Waals surface area contributed by atoms with Gasteiger partial charge in [0.25, 0.3) is 0 Å². The summed E-state index contributed by atoms with van der Waals surface area (Å²) in [5.74, 6) is 0. The fourth-order valence-electron chi connectivity index (χ4n) is 18.7. The summed E-state index contributed by atoms with van der Waals surface area (Å²) in [6.45, 7) is 4.37. The maximum atomic E-state index is 9.87. The van der Waals surface area contributed by atoms with Gasteiger partial charge in [-0.15, -0.1) is 22.7 Å². The molecule has 0 spiro atoms. The van der Waals surface area contributed by atoms with E-state index in [4.69, 9.17) is 0 Å². The molecular formula is C117H84N6OS2. The van der Waals surface area contributed by atoms with Crippen LogP contribution in [0.3, 0.4) is 0 Å². The molecule has 0 amide bonds. The van der Waals surface area contributed by atoms with Crippen LogP contribution in [-0.2, 0) is 6.61 Å². The Kier molecular flexibility index (Phi) is 20.0. The summed E-state index contributed by atoms with van der Waals surface area (Å²) in [6, 6.07) is 163. The molecular weight excluding hydrogens is 1570 g/mol. The summed E-state index contributed by atoms with van der Waals surface area (Å²) >= 11 is 3.70. The minimum absolute atomic E-state index is 0.0117. The van der Waals surface area contributed by atoms with Crippen molar-refractivity contribution in [3.8, 4) is 39.3 Å². The highest BCUT2D eigenvalue weighted by molar-refractivity contribution is 7.26. The highest BCUT2D eigenvalue weighted by Crippen LogP contribution is 2.51. The van der Waals surface area contributed by atoms with Crippen molar-refractivity contribution < 1.29 is 5.11 Å². The highest BCUT2D eigenvalue weighted by Gasteiger charge is 2.27. The highest BCUT2D eigenvalue weighted by atomic mass is 32.1. The van der Waals surface area contributed by atoms with Gasteiger partial charge in [-0.25, -0.2) is 0 Å². The van der Waals surface area contributed by atoms with Gasteiger partial charge in [0.2, 0.25) is 0 Å². The zero-order valence-electron chi connectivity index (χ0n) is 69.5. The Bertz CT molecular complexity index is 8060. The molecule has 0 radical (unpaired) electrons. The molecule has 0 saturated carbocycles. The molecule has 1 N–H and O–H groups in total. The van der Waals surface area contributed by atoms with Crippen molar-refractivity contribution >= 4 is 180 Å². The Morgan fingerprint density at radius 3 is 0.960 bits per heavy atom. The van der Waals surface area contributed by atoms with Crippen LogP contribution in [0.4, 0.5) is 51.2 Å². The molecule has 0 bridgehead atoms.